The van der Waals surface area contributed by atoms with Crippen LogP contribution in [0.3, 0.4) is 0 Å². The van der Waals surface area contributed by atoms with Gasteiger partial charge in [0.1, 0.15) is 0 Å². The number of hydrogen-bond donors (Lipinski definition) is 0. The van der Waals surface area contributed by atoms with E-state index in [2.05, 4.69) is 23.0 Å². The van der Waals surface area contributed by atoms with Gasteiger partial charge >= 0.3 is 0 Å². The highest BCUT2D eigenvalue weighted by Crippen LogP contribution is 2.34. The van der Waals surface area contributed by atoms with Crippen molar-refractivity contribution in [1.82, 2.24) is 4.57 Å². The molecule has 94 valence electrons. The van der Waals surface area contributed by atoms with Gasteiger partial charge in [0.15, 0.2) is 0 Å². The lowest BCUT2D eigenvalue weighted by Crippen LogP contribution is -2.11. The minimum atomic E-state index is 0.807. The Kier molecular flexibility index (Phi) is 3.54. The van der Waals surface area contributed by atoms with E-state index in [1.54, 1.807) is 5.56 Å². The molecule has 0 aromatic carbocycles. The highest BCUT2D eigenvalue weighted by molar-refractivity contribution is 5.17. The van der Waals surface area contributed by atoms with Gasteiger partial charge in [0, 0.05) is 18.4 Å². The summed E-state index contributed by atoms with van der Waals surface area (Å²) in [7, 11) is 0. The van der Waals surface area contributed by atoms with E-state index in [1.165, 1.54) is 64.2 Å². The zero-order valence-electron chi connectivity index (χ0n) is 10.9. The van der Waals surface area contributed by atoms with E-state index in [1.807, 2.05) is 0 Å². The van der Waals surface area contributed by atoms with E-state index in [0.717, 1.165) is 12.0 Å². The van der Waals surface area contributed by atoms with Gasteiger partial charge in [-0.1, -0.05) is 38.5 Å². The van der Waals surface area contributed by atoms with Crippen molar-refractivity contribution in [1.29, 1.82) is 0 Å². The van der Waals surface area contributed by atoms with E-state index in [9.17, 15) is 0 Å². The van der Waals surface area contributed by atoms with Crippen molar-refractivity contribution in [2.75, 3.05) is 0 Å². The average molecular weight is 231 g/mol. The summed E-state index contributed by atoms with van der Waals surface area (Å²) >= 11 is 0. The zero-order chi connectivity index (χ0) is 11.5. The molecule has 0 bridgehead atoms. The molecule has 0 saturated heterocycles. The molecule has 1 heterocycles. The van der Waals surface area contributed by atoms with Crippen LogP contribution in [0.4, 0.5) is 0 Å². The molecule has 0 aliphatic heterocycles. The van der Waals surface area contributed by atoms with E-state index in [0.29, 0.717) is 0 Å². The van der Waals surface area contributed by atoms with E-state index < -0.39 is 0 Å². The Morgan fingerprint density at radius 3 is 2.18 bits per heavy atom. The topological polar surface area (TPSA) is 4.93 Å². The van der Waals surface area contributed by atoms with Gasteiger partial charge in [0.25, 0.3) is 0 Å². The second-order valence-electron chi connectivity index (χ2n) is 6.02. The van der Waals surface area contributed by atoms with Crippen molar-refractivity contribution < 1.29 is 0 Å². The van der Waals surface area contributed by atoms with Crippen LogP contribution in [-0.4, -0.2) is 4.57 Å². The van der Waals surface area contributed by atoms with Gasteiger partial charge in [-0.25, -0.2) is 0 Å². The normalized spacial score (nSPS) is 24.0. The van der Waals surface area contributed by atoms with Gasteiger partial charge < -0.3 is 4.57 Å². The summed E-state index contributed by atoms with van der Waals surface area (Å²) in [5.41, 5.74) is 1.62. The second-order valence-corrected chi connectivity index (χ2v) is 6.02. The monoisotopic (exact) mass is 231 g/mol. The van der Waals surface area contributed by atoms with Crippen LogP contribution in [0.5, 0.6) is 0 Å². The highest BCUT2D eigenvalue weighted by Gasteiger charge is 2.19. The summed E-state index contributed by atoms with van der Waals surface area (Å²) in [5, 5.41) is 0. The van der Waals surface area contributed by atoms with Crippen LogP contribution in [0.1, 0.15) is 81.7 Å². The molecule has 2 fully saturated rings. The lowest BCUT2D eigenvalue weighted by molar-refractivity contribution is 0.353. The number of hydrogen-bond acceptors (Lipinski definition) is 0. The zero-order valence-corrected chi connectivity index (χ0v) is 10.9. The van der Waals surface area contributed by atoms with Gasteiger partial charge in [0.2, 0.25) is 0 Å². The van der Waals surface area contributed by atoms with Crippen molar-refractivity contribution in [3.8, 4) is 0 Å². The van der Waals surface area contributed by atoms with E-state index in [4.69, 9.17) is 0 Å². The van der Waals surface area contributed by atoms with Crippen molar-refractivity contribution in [2.24, 2.45) is 0 Å². The number of nitrogens with zero attached hydrogens (tertiary/aromatic N) is 1. The van der Waals surface area contributed by atoms with Crippen molar-refractivity contribution in [3.05, 3.63) is 24.0 Å². The molecule has 1 aromatic rings. The fourth-order valence-electron chi connectivity index (χ4n) is 3.71. The van der Waals surface area contributed by atoms with Crippen LogP contribution in [-0.2, 0) is 0 Å². The Balaban J connectivity index is 1.68. The Labute approximate surface area is 105 Å². The molecule has 2 aliphatic carbocycles. The van der Waals surface area contributed by atoms with Crippen molar-refractivity contribution in [3.63, 3.8) is 0 Å². The summed E-state index contributed by atoms with van der Waals surface area (Å²) in [6, 6.07) is 3.20. The highest BCUT2D eigenvalue weighted by atomic mass is 15.0. The minimum Gasteiger partial charge on any atom is -0.351 e. The number of rotatable bonds is 2. The minimum absolute atomic E-state index is 0.807. The Hall–Kier alpha value is -0.720. The molecule has 2 saturated carbocycles. The van der Waals surface area contributed by atoms with Crippen LogP contribution >= 0.6 is 0 Å². The van der Waals surface area contributed by atoms with Gasteiger partial charge in [-0.3, -0.25) is 0 Å². The maximum absolute atomic E-state index is 2.52. The molecule has 0 radical (unpaired) electrons. The Bertz CT molecular complexity index is 308. The quantitative estimate of drug-likeness (QED) is 0.672. The van der Waals surface area contributed by atoms with E-state index >= 15 is 0 Å². The molecule has 17 heavy (non-hydrogen) atoms. The second kappa shape index (κ2) is 5.29. The first-order chi connectivity index (χ1) is 8.43. The Morgan fingerprint density at radius 1 is 0.824 bits per heavy atom. The van der Waals surface area contributed by atoms with Gasteiger partial charge in [-0.2, -0.15) is 0 Å². The predicted molar refractivity (Wildman–Crippen MR) is 72.4 cm³/mol. The maximum atomic E-state index is 2.52. The number of aromatic nitrogens is 1. The van der Waals surface area contributed by atoms with Gasteiger partial charge in [-0.05, 0) is 43.2 Å². The fourth-order valence-corrected chi connectivity index (χ4v) is 3.71. The van der Waals surface area contributed by atoms with Gasteiger partial charge in [0.05, 0.1) is 0 Å². The van der Waals surface area contributed by atoms with Crippen LogP contribution in [0.15, 0.2) is 18.5 Å². The van der Waals surface area contributed by atoms with Crippen molar-refractivity contribution >= 4 is 0 Å². The first-order valence-corrected chi connectivity index (χ1v) is 7.61. The van der Waals surface area contributed by atoms with Gasteiger partial charge in [-0.15, -0.1) is 0 Å². The molecule has 3 rings (SSSR count). The molecule has 1 nitrogen and oxygen atoms in total. The van der Waals surface area contributed by atoms with Crippen LogP contribution in [0.2, 0.25) is 0 Å². The molecule has 0 N–H and O–H groups in total. The molecule has 1 aromatic heterocycles. The summed E-state index contributed by atoms with van der Waals surface area (Å²) in [6.45, 7) is 0. The first-order valence-electron chi connectivity index (χ1n) is 7.61. The average Bonchev–Trinajstić information content (AvgIpc) is 2.90. The first kappa shape index (κ1) is 11.4. The molecular weight excluding hydrogens is 206 g/mol. The fraction of sp³-hybridized carbons (Fsp3) is 0.750. The third kappa shape index (κ3) is 2.59. The predicted octanol–water partition coefficient (Wildman–Crippen LogP) is 5.04. The smallest absolute Gasteiger partial charge is 0.0330 e. The maximum Gasteiger partial charge on any atom is 0.0330 e. The molecule has 0 amide bonds. The van der Waals surface area contributed by atoms with E-state index in [-0.39, 0.29) is 0 Å². The summed E-state index contributed by atoms with van der Waals surface area (Å²) in [4.78, 5) is 0. The molecule has 0 spiro atoms. The molecular formula is C16H25N. The van der Waals surface area contributed by atoms with Crippen LogP contribution in [0, 0.1) is 0 Å². The molecule has 0 unspecified atom stereocenters. The SMILES string of the molecule is c1cn(C2CCCCC2)cc1C1CCCCC1. The van der Waals surface area contributed by atoms with Crippen LogP contribution < -0.4 is 0 Å². The van der Waals surface area contributed by atoms with Crippen molar-refractivity contribution in [2.45, 2.75) is 76.2 Å². The third-order valence-electron chi connectivity index (χ3n) is 4.81. The Morgan fingerprint density at radius 2 is 1.47 bits per heavy atom. The summed E-state index contributed by atoms with van der Waals surface area (Å²) in [5.74, 6) is 0.869. The summed E-state index contributed by atoms with van der Waals surface area (Å²) < 4.78 is 2.52. The largest absolute Gasteiger partial charge is 0.351 e. The van der Waals surface area contributed by atoms with Crippen LogP contribution in [0.25, 0.3) is 0 Å². The summed E-state index contributed by atoms with van der Waals surface area (Å²) in [6.07, 6.45) is 19.1. The standard InChI is InChI=1S/C16H25N/c1-3-7-14(8-4-1)15-11-12-17(13-15)16-9-5-2-6-10-16/h11-14,16H,1-10H2. The molecule has 0 atom stereocenters. The lowest BCUT2D eigenvalue weighted by atomic mass is 9.85. The third-order valence-corrected chi connectivity index (χ3v) is 4.81. The molecule has 2 aliphatic rings. The lowest BCUT2D eigenvalue weighted by Gasteiger charge is -2.24. The molecule has 1 heteroatoms.